The van der Waals surface area contributed by atoms with Gasteiger partial charge in [0.05, 0.1) is 0 Å². The van der Waals surface area contributed by atoms with E-state index in [1.807, 2.05) is 0 Å². The van der Waals surface area contributed by atoms with Crippen LogP contribution < -0.4 is 5.32 Å². The maximum Gasteiger partial charge on any atom is 0.0443 e. The number of hydrogen-bond acceptors (Lipinski definition) is 2. The van der Waals surface area contributed by atoms with Crippen molar-refractivity contribution in [1.29, 1.82) is 0 Å². The summed E-state index contributed by atoms with van der Waals surface area (Å²) in [5.41, 5.74) is 1.66. The summed E-state index contributed by atoms with van der Waals surface area (Å²) in [4.78, 5) is 3.33. The maximum atomic E-state index is 3.87. The Bertz CT molecular complexity index is 407. The van der Waals surface area contributed by atoms with Crippen LogP contribution in [0.5, 0.6) is 0 Å². The second-order valence-electron chi connectivity index (χ2n) is 6.90. The average molecular weight is 292 g/mol. The largest absolute Gasteiger partial charge is 0.309 e. The van der Waals surface area contributed by atoms with Crippen LogP contribution in [0.3, 0.4) is 0 Å². The van der Waals surface area contributed by atoms with Crippen molar-refractivity contribution >= 4 is 11.3 Å². The summed E-state index contributed by atoms with van der Waals surface area (Å²) < 4.78 is 0. The fourth-order valence-corrected chi connectivity index (χ4v) is 5.35. The topological polar surface area (TPSA) is 12.0 Å². The van der Waals surface area contributed by atoms with Gasteiger partial charge in [-0.3, -0.25) is 0 Å². The molecule has 1 nitrogen and oxygen atoms in total. The summed E-state index contributed by atoms with van der Waals surface area (Å²) in [6, 6.07) is 3.18. The molecule has 1 N–H and O–H groups in total. The van der Waals surface area contributed by atoms with Crippen LogP contribution in [0.25, 0.3) is 0 Å². The monoisotopic (exact) mass is 291 g/mol. The van der Waals surface area contributed by atoms with Crippen LogP contribution in [-0.2, 0) is 12.8 Å². The van der Waals surface area contributed by atoms with Gasteiger partial charge in [-0.2, -0.15) is 0 Å². The summed E-state index contributed by atoms with van der Waals surface area (Å²) >= 11 is 2.11. The molecule has 0 saturated heterocycles. The van der Waals surface area contributed by atoms with E-state index in [9.17, 15) is 0 Å². The molecule has 1 atom stereocenters. The molecule has 112 valence electrons. The van der Waals surface area contributed by atoms with E-state index in [1.165, 1.54) is 57.9 Å². The van der Waals surface area contributed by atoms with Crippen molar-refractivity contribution in [2.24, 2.45) is 11.8 Å². The van der Waals surface area contributed by atoms with Gasteiger partial charge in [-0.1, -0.05) is 26.7 Å². The number of nitrogens with one attached hydrogen (secondary N) is 1. The first-order valence-electron chi connectivity index (χ1n) is 8.62. The zero-order chi connectivity index (χ0) is 13.9. The third-order valence-electron chi connectivity index (χ3n) is 5.22. The van der Waals surface area contributed by atoms with Crippen molar-refractivity contribution in [2.75, 3.05) is 6.54 Å². The van der Waals surface area contributed by atoms with Gasteiger partial charge in [0, 0.05) is 15.8 Å². The molecule has 0 aliphatic heterocycles. The predicted octanol–water partition coefficient (Wildman–Crippen LogP) is 5.10. The molecule has 0 radical (unpaired) electrons. The molecule has 1 fully saturated rings. The van der Waals surface area contributed by atoms with Crippen molar-refractivity contribution in [3.8, 4) is 0 Å². The average Bonchev–Trinajstić information content (AvgIpc) is 3.02. The van der Waals surface area contributed by atoms with Gasteiger partial charge in [0.1, 0.15) is 0 Å². The van der Waals surface area contributed by atoms with E-state index in [1.54, 1.807) is 15.3 Å². The summed E-state index contributed by atoms with van der Waals surface area (Å²) in [7, 11) is 0. The molecule has 2 aliphatic carbocycles. The highest BCUT2D eigenvalue weighted by Crippen LogP contribution is 2.41. The van der Waals surface area contributed by atoms with E-state index in [0.717, 1.165) is 11.8 Å². The van der Waals surface area contributed by atoms with Gasteiger partial charge in [-0.05, 0) is 68.5 Å². The Hall–Kier alpha value is -0.340. The number of hydrogen-bond donors (Lipinski definition) is 1. The Morgan fingerprint density at radius 1 is 1.25 bits per heavy atom. The van der Waals surface area contributed by atoms with Crippen LogP contribution in [0.1, 0.15) is 73.7 Å². The molecule has 0 bridgehead atoms. The molecule has 2 heteroatoms. The minimum atomic E-state index is 0.637. The number of aryl methyl sites for hydroxylation is 2. The zero-order valence-corrected chi connectivity index (χ0v) is 13.9. The van der Waals surface area contributed by atoms with Gasteiger partial charge < -0.3 is 5.32 Å². The first-order chi connectivity index (χ1) is 9.78. The SMILES string of the molecule is CCCNC(c1cc2c(s1)CCC2)C1CCC(C)CC1. The normalized spacial score (nSPS) is 27.5. The van der Waals surface area contributed by atoms with Crippen LogP contribution in [-0.4, -0.2) is 6.54 Å². The molecule has 20 heavy (non-hydrogen) atoms. The second kappa shape index (κ2) is 6.62. The number of thiophene rings is 1. The minimum Gasteiger partial charge on any atom is -0.309 e. The van der Waals surface area contributed by atoms with Crippen LogP contribution in [0, 0.1) is 11.8 Å². The first-order valence-corrected chi connectivity index (χ1v) is 9.44. The summed E-state index contributed by atoms with van der Waals surface area (Å²) in [5.74, 6) is 1.82. The van der Waals surface area contributed by atoms with E-state index < -0.39 is 0 Å². The third-order valence-corrected chi connectivity index (χ3v) is 6.54. The molecule has 1 saturated carbocycles. The van der Waals surface area contributed by atoms with Gasteiger partial charge in [-0.15, -0.1) is 11.3 Å². The molecule has 0 aromatic carbocycles. The Kier molecular flexibility index (Phi) is 4.83. The Balaban J connectivity index is 1.74. The van der Waals surface area contributed by atoms with Crippen molar-refractivity contribution in [3.05, 3.63) is 21.4 Å². The lowest BCUT2D eigenvalue weighted by Gasteiger charge is -2.33. The van der Waals surface area contributed by atoms with E-state index in [0.29, 0.717) is 6.04 Å². The lowest BCUT2D eigenvalue weighted by Crippen LogP contribution is -2.30. The Morgan fingerprint density at radius 2 is 2.05 bits per heavy atom. The van der Waals surface area contributed by atoms with Crippen LogP contribution in [0.4, 0.5) is 0 Å². The molecule has 1 heterocycles. The summed E-state index contributed by atoms with van der Waals surface area (Å²) in [6.45, 7) is 5.87. The predicted molar refractivity (Wildman–Crippen MR) is 88.5 cm³/mol. The molecule has 2 aliphatic rings. The fraction of sp³-hybridized carbons (Fsp3) is 0.778. The maximum absolute atomic E-state index is 3.87. The molecular weight excluding hydrogens is 262 g/mol. The summed E-state index contributed by atoms with van der Waals surface area (Å²) in [6.07, 6.45) is 11.0. The van der Waals surface area contributed by atoms with Crippen LogP contribution in [0.15, 0.2) is 6.07 Å². The molecule has 1 aromatic heterocycles. The zero-order valence-electron chi connectivity index (χ0n) is 13.1. The quantitative estimate of drug-likeness (QED) is 0.795. The third kappa shape index (κ3) is 3.12. The number of rotatable bonds is 5. The highest BCUT2D eigenvalue weighted by molar-refractivity contribution is 7.12. The van der Waals surface area contributed by atoms with Gasteiger partial charge >= 0.3 is 0 Å². The summed E-state index contributed by atoms with van der Waals surface area (Å²) in [5, 5.41) is 3.87. The molecule has 1 unspecified atom stereocenters. The van der Waals surface area contributed by atoms with Crippen LogP contribution >= 0.6 is 11.3 Å². The smallest absolute Gasteiger partial charge is 0.0443 e. The van der Waals surface area contributed by atoms with E-state index in [-0.39, 0.29) is 0 Å². The molecule has 0 spiro atoms. The Labute approximate surface area is 128 Å². The van der Waals surface area contributed by atoms with Gasteiger partial charge in [0.2, 0.25) is 0 Å². The van der Waals surface area contributed by atoms with Crippen LogP contribution in [0.2, 0.25) is 0 Å². The highest BCUT2D eigenvalue weighted by Gasteiger charge is 2.29. The van der Waals surface area contributed by atoms with Crippen molar-refractivity contribution < 1.29 is 0 Å². The minimum absolute atomic E-state index is 0.637. The number of fused-ring (bicyclic) bond motifs is 1. The van der Waals surface area contributed by atoms with Gasteiger partial charge in [0.15, 0.2) is 0 Å². The van der Waals surface area contributed by atoms with Crippen molar-refractivity contribution in [1.82, 2.24) is 5.32 Å². The standard InChI is InChI=1S/C18H29NS/c1-3-11-19-18(14-9-7-13(2)8-10-14)17-12-15-5-4-6-16(15)20-17/h12-14,18-19H,3-11H2,1-2H3. The first kappa shape index (κ1) is 14.6. The second-order valence-corrected chi connectivity index (χ2v) is 8.07. The highest BCUT2D eigenvalue weighted by atomic mass is 32.1. The van der Waals surface area contributed by atoms with Crippen molar-refractivity contribution in [3.63, 3.8) is 0 Å². The lowest BCUT2D eigenvalue weighted by atomic mass is 9.78. The van der Waals surface area contributed by atoms with Gasteiger partial charge in [-0.25, -0.2) is 0 Å². The van der Waals surface area contributed by atoms with E-state index in [2.05, 4.69) is 36.6 Å². The lowest BCUT2D eigenvalue weighted by molar-refractivity contribution is 0.233. The molecule has 1 aromatic rings. The molecule has 0 amide bonds. The van der Waals surface area contributed by atoms with Gasteiger partial charge in [0.25, 0.3) is 0 Å². The Morgan fingerprint density at radius 3 is 2.75 bits per heavy atom. The fourth-order valence-electron chi connectivity index (χ4n) is 3.92. The van der Waals surface area contributed by atoms with E-state index in [4.69, 9.17) is 0 Å². The van der Waals surface area contributed by atoms with Crippen molar-refractivity contribution in [2.45, 2.75) is 71.3 Å². The molecule has 3 rings (SSSR count). The van der Waals surface area contributed by atoms with E-state index >= 15 is 0 Å². The molecular formula is C18H29NS.